The van der Waals surface area contributed by atoms with Gasteiger partial charge in [-0.1, -0.05) is 6.07 Å². The summed E-state index contributed by atoms with van der Waals surface area (Å²) < 4.78 is 11.1. The minimum Gasteiger partial charge on any atom is -0.497 e. The highest BCUT2D eigenvalue weighted by molar-refractivity contribution is 5.49. The molecule has 0 spiro atoms. The Morgan fingerprint density at radius 1 is 0.929 bits per heavy atom. The molecule has 2 aromatic carbocycles. The van der Waals surface area contributed by atoms with Crippen molar-refractivity contribution in [2.45, 2.75) is 25.4 Å². The molecule has 4 rings (SSSR count). The second kappa shape index (κ2) is 8.84. The van der Waals surface area contributed by atoms with Gasteiger partial charge in [-0.05, 0) is 66.8 Å². The predicted molar refractivity (Wildman–Crippen MR) is 112 cm³/mol. The van der Waals surface area contributed by atoms with Crippen LogP contribution in [0.25, 0.3) is 0 Å². The molecule has 0 radical (unpaired) electrons. The molecule has 1 N–H and O–H groups in total. The summed E-state index contributed by atoms with van der Waals surface area (Å²) in [5.74, 6) is 1.76. The van der Waals surface area contributed by atoms with Gasteiger partial charge in [0.15, 0.2) is 0 Å². The second-order valence-electron chi connectivity index (χ2n) is 7.73. The Morgan fingerprint density at radius 3 is 2.39 bits per heavy atom. The minimum atomic E-state index is -0.471. The topological polar surface area (TPSA) is 45.2 Å². The Hall–Kier alpha value is -2.24. The van der Waals surface area contributed by atoms with E-state index in [4.69, 9.17) is 9.47 Å². The number of anilines is 1. The van der Waals surface area contributed by atoms with Gasteiger partial charge in [-0.3, -0.25) is 4.90 Å². The number of β-amino-alcohol motifs (C(OH)–C–C–N with tert-alkyl or cyclic N) is 1. The van der Waals surface area contributed by atoms with E-state index < -0.39 is 6.10 Å². The number of piperazine rings is 1. The van der Waals surface area contributed by atoms with Crippen molar-refractivity contribution >= 4 is 5.69 Å². The van der Waals surface area contributed by atoms with Gasteiger partial charge in [0.25, 0.3) is 0 Å². The lowest BCUT2D eigenvalue weighted by atomic mass is 10.1. The van der Waals surface area contributed by atoms with E-state index in [0.29, 0.717) is 13.2 Å². The van der Waals surface area contributed by atoms with Crippen LogP contribution in [0.4, 0.5) is 5.69 Å². The normalized spacial score (nSPS) is 18.0. The third kappa shape index (κ3) is 4.59. The molecule has 150 valence electrons. The number of benzene rings is 2. The van der Waals surface area contributed by atoms with Crippen LogP contribution < -0.4 is 14.4 Å². The van der Waals surface area contributed by atoms with Crippen LogP contribution in [0.1, 0.15) is 17.5 Å². The number of aryl methyl sites for hydroxylation is 2. The Morgan fingerprint density at radius 2 is 1.64 bits per heavy atom. The Bertz CT molecular complexity index is 770. The van der Waals surface area contributed by atoms with Crippen molar-refractivity contribution in [3.05, 3.63) is 53.6 Å². The molecule has 0 amide bonds. The number of hydrogen-bond donors (Lipinski definition) is 1. The van der Waals surface area contributed by atoms with Crippen LogP contribution in [-0.4, -0.2) is 62.6 Å². The van der Waals surface area contributed by atoms with Gasteiger partial charge in [0.2, 0.25) is 0 Å². The van der Waals surface area contributed by atoms with Gasteiger partial charge in [0.1, 0.15) is 24.2 Å². The van der Waals surface area contributed by atoms with Crippen LogP contribution in [0.2, 0.25) is 0 Å². The smallest absolute Gasteiger partial charge is 0.119 e. The van der Waals surface area contributed by atoms with Gasteiger partial charge in [-0.15, -0.1) is 0 Å². The third-order valence-corrected chi connectivity index (χ3v) is 5.79. The van der Waals surface area contributed by atoms with Gasteiger partial charge in [-0.2, -0.15) is 0 Å². The standard InChI is InChI=1S/C23H30N2O3/c1-27-22-9-6-20(7-10-22)25-13-11-24(12-14-25)16-21(26)17-28-23-8-5-18-3-2-4-19(18)15-23/h5-10,15,21,26H,2-4,11-14,16-17H2,1H3/t21-/m1/s1. The van der Waals surface area contributed by atoms with E-state index in [1.165, 1.54) is 29.7 Å². The maximum Gasteiger partial charge on any atom is 0.119 e. The molecule has 28 heavy (non-hydrogen) atoms. The monoisotopic (exact) mass is 382 g/mol. The number of aliphatic hydroxyl groups is 1. The van der Waals surface area contributed by atoms with Gasteiger partial charge in [-0.25, -0.2) is 0 Å². The summed E-state index contributed by atoms with van der Waals surface area (Å²) in [6.45, 7) is 4.82. The second-order valence-corrected chi connectivity index (χ2v) is 7.73. The van der Waals surface area contributed by atoms with Crippen LogP contribution in [-0.2, 0) is 12.8 Å². The molecular weight excluding hydrogens is 352 g/mol. The Kier molecular flexibility index (Phi) is 6.03. The third-order valence-electron chi connectivity index (χ3n) is 5.79. The number of ether oxygens (including phenoxy) is 2. The number of nitrogens with zero attached hydrogens (tertiary/aromatic N) is 2. The lowest BCUT2D eigenvalue weighted by molar-refractivity contribution is 0.0663. The summed E-state index contributed by atoms with van der Waals surface area (Å²) in [6.07, 6.45) is 3.10. The van der Waals surface area contributed by atoms with Crippen molar-refractivity contribution < 1.29 is 14.6 Å². The SMILES string of the molecule is COc1ccc(N2CCN(C[C@@H](O)COc3ccc4c(c3)CCC4)CC2)cc1. The summed E-state index contributed by atoms with van der Waals surface area (Å²) >= 11 is 0. The van der Waals surface area contributed by atoms with Crippen molar-refractivity contribution in [2.75, 3.05) is 51.3 Å². The first-order valence-electron chi connectivity index (χ1n) is 10.3. The van der Waals surface area contributed by atoms with E-state index in [1.807, 2.05) is 18.2 Å². The molecular formula is C23H30N2O3. The van der Waals surface area contributed by atoms with Crippen LogP contribution >= 0.6 is 0 Å². The van der Waals surface area contributed by atoms with Crippen molar-refractivity contribution in [1.29, 1.82) is 0 Å². The summed E-state index contributed by atoms with van der Waals surface area (Å²) in [7, 11) is 1.69. The van der Waals surface area contributed by atoms with E-state index >= 15 is 0 Å². The molecule has 0 saturated carbocycles. The summed E-state index contributed by atoms with van der Waals surface area (Å²) in [5.41, 5.74) is 4.07. The maximum absolute atomic E-state index is 10.4. The molecule has 5 nitrogen and oxygen atoms in total. The fourth-order valence-corrected chi connectivity index (χ4v) is 4.16. The van der Waals surface area contributed by atoms with Crippen LogP contribution in [0.3, 0.4) is 0 Å². The molecule has 0 bridgehead atoms. The fraction of sp³-hybridized carbons (Fsp3) is 0.478. The molecule has 1 fully saturated rings. The van der Waals surface area contributed by atoms with Crippen molar-refractivity contribution in [2.24, 2.45) is 0 Å². The van der Waals surface area contributed by atoms with E-state index in [9.17, 15) is 5.11 Å². The molecule has 0 aromatic heterocycles. The summed E-state index contributed by atoms with van der Waals surface area (Å²) in [4.78, 5) is 4.69. The maximum atomic E-state index is 10.4. The van der Waals surface area contributed by atoms with Crippen molar-refractivity contribution in [3.63, 3.8) is 0 Å². The lowest BCUT2D eigenvalue weighted by Crippen LogP contribution is -2.49. The number of fused-ring (bicyclic) bond motifs is 1. The van der Waals surface area contributed by atoms with Crippen LogP contribution in [0.5, 0.6) is 11.5 Å². The number of hydrogen-bond acceptors (Lipinski definition) is 5. The van der Waals surface area contributed by atoms with E-state index in [0.717, 1.165) is 44.1 Å². The largest absolute Gasteiger partial charge is 0.497 e. The molecule has 2 aliphatic rings. The highest BCUT2D eigenvalue weighted by Gasteiger charge is 2.20. The van der Waals surface area contributed by atoms with Gasteiger partial charge in [0.05, 0.1) is 7.11 Å². The van der Waals surface area contributed by atoms with Gasteiger partial charge < -0.3 is 19.5 Å². The molecule has 5 heteroatoms. The average Bonchev–Trinajstić information content (AvgIpc) is 3.21. The highest BCUT2D eigenvalue weighted by atomic mass is 16.5. The molecule has 0 unspecified atom stereocenters. The van der Waals surface area contributed by atoms with Crippen LogP contribution in [0.15, 0.2) is 42.5 Å². The lowest BCUT2D eigenvalue weighted by Gasteiger charge is -2.36. The van der Waals surface area contributed by atoms with Crippen molar-refractivity contribution in [1.82, 2.24) is 4.90 Å². The fourth-order valence-electron chi connectivity index (χ4n) is 4.16. The van der Waals surface area contributed by atoms with Gasteiger partial charge >= 0.3 is 0 Å². The molecule has 1 aliphatic carbocycles. The zero-order valence-corrected chi connectivity index (χ0v) is 16.6. The molecule has 1 saturated heterocycles. The Labute approximate surface area is 167 Å². The molecule has 1 heterocycles. The van der Waals surface area contributed by atoms with E-state index in [1.54, 1.807) is 7.11 Å². The zero-order valence-electron chi connectivity index (χ0n) is 16.6. The van der Waals surface area contributed by atoms with E-state index in [2.05, 4.69) is 34.1 Å². The molecule has 1 aliphatic heterocycles. The van der Waals surface area contributed by atoms with Gasteiger partial charge in [0, 0.05) is 38.4 Å². The first-order chi connectivity index (χ1) is 13.7. The summed E-state index contributed by atoms with van der Waals surface area (Å²) in [5, 5.41) is 10.4. The Balaban J connectivity index is 1.21. The molecule has 2 aromatic rings. The molecule has 1 atom stereocenters. The first kappa shape index (κ1) is 19.1. The van der Waals surface area contributed by atoms with Crippen LogP contribution in [0, 0.1) is 0 Å². The number of aliphatic hydroxyl groups excluding tert-OH is 1. The zero-order chi connectivity index (χ0) is 19.3. The minimum absolute atomic E-state index is 0.345. The number of methoxy groups -OCH3 is 1. The average molecular weight is 383 g/mol. The summed E-state index contributed by atoms with van der Waals surface area (Å²) in [6, 6.07) is 14.6. The number of rotatable bonds is 7. The quantitative estimate of drug-likeness (QED) is 0.798. The highest BCUT2D eigenvalue weighted by Crippen LogP contribution is 2.26. The van der Waals surface area contributed by atoms with Crippen molar-refractivity contribution in [3.8, 4) is 11.5 Å². The first-order valence-corrected chi connectivity index (χ1v) is 10.3. The van der Waals surface area contributed by atoms with E-state index in [-0.39, 0.29) is 0 Å². The predicted octanol–water partition coefficient (Wildman–Crippen LogP) is 2.75.